The summed E-state index contributed by atoms with van der Waals surface area (Å²) in [6.45, 7) is 26.4. The maximum atomic E-state index is 15.6. The molecule has 11 atom stereocenters. The Bertz CT molecular complexity index is 3120. The Morgan fingerprint density at radius 3 is 1.56 bits per heavy atom. The number of carbonyl (C=O) groups is 13. The van der Waals surface area contributed by atoms with Gasteiger partial charge in [-0.15, -0.1) is 0 Å². The Labute approximate surface area is 637 Å². The minimum Gasteiger partial charge on any atom is -0.391 e. The Kier molecular flexibility index (Phi) is 42.0. The van der Waals surface area contributed by atoms with Crippen molar-refractivity contribution in [3.05, 3.63) is 71.8 Å². The van der Waals surface area contributed by atoms with Gasteiger partial charge in [-0.2, -0.15) is 0 Å². The second-order valence-electron chi connectivity index (χ2n) is 28.8. The minimum atomic E-state index is -1.69. The molecule has 0 spiro atoms. The van der Waals surface area contributed by atoms with Gasteiger partial charge in [-0.3, -0.25) is 62.3 Å². The Balaban J connectivity index is 3.27. The van der Waals surface area contributed by atoms with Crippen LogP contribution in [0.1, 0.15) is 166 Å². The number of amides is 13. The zero-order valence-electron chi connectivity index (χ0n) is 65.0. The van der Waals surface area contributed by atoms with E-state index in [1.807, 2.05) is 34.6 Å². The molecule has 0 aromatic heterocycles. The lowest BCUT2D eigenvalue weighted by Crippen LogP contribution is -2.62. The molecule has 105 heavy (non-hydrogen) atoms. The van der Waals surface area contributed by atoms with Crippen LogP contribution < -0.4 is 31.3 Å². The van der Waals surface area contributed by atoms with Gasteiger partial charge in [-0.1, -0.05) is 148 Å². The highest BCUT2D eigenvalue weighted by Gasteiger charge is 2.44. The summed E-state index contributed by atoms with van der Waals surface area (Å²) in [5.74, 6) is -11.6. The molecule has 27 nitrogen and oxygen atoms in total. The van der Waals surface area contributed by atoms with Crippen molar-refractivity contribution in [1.82, 2.24) is 65.6 Å². The SMILES string of the molecule is C=C/C=C(\C=C\Cl)C[C@H]1C(=O)N[C@@H](CC(C)C)C(=O)N(C)[C@@H](CC)C(=O)N[C@@H](C(C)O)C(=O)N(CCCC)CC(=O)N(C)[C@@H](CC(C)C)C(=O)N[C@@H](CCC(=O)NSC)C(=O)N(C)[C@@H](CC(=C/C=C)/C=C/Cl)C(=O)N(C)[C@@H](C(C)C)C(=O)NC(C(=O)N2CCCCC2)CC(=O)NC(CC(C)C)C(=O)N1C. The standard InChI is InChI=1S/C75H121Cl2N13O14S/c1-20-24-36-90-45-63(94)84(14)58(41-48(9)10)67(96)79-53(30-31-61(92)83-105-19)70(99)87(17)60(43-52(29-22-3)33-35-77)74(103)88(18)65(49(11)12)69(98)81-56(73(102)89-37-26-25-27-38-89)44-62(93)78-54(39-46(5)6)71(100)86(16)59(42-51(28-21-2)32-34-76)68(97)80-55(40-47(7)8)72(101)85(15)57(23-4)66(95)82-64(50(13)91)75(90)104/h21-22,28-29,32-35,46-50,53-60,64-65,91H,2-3,20,23-27,30-31,36-45H2,1,4-19H3,(H,78,93)(H,79,96)(H,80,97)(H,81,98)(H,82,95)(H,83,92)/b34-32+,35-33+,51-28+,52-29+/t50?,53-,54?,55-,56?,57-,58-,59-,60-,64-,65-/m0/s1. The molecule has 0 radical (unpaired) electrons. The van der Waals surface area contributed by atoms with Gasteiger partial charge in [0.05, 0.1) is 19.1 Å². The van der Waals surface area contributed by atoms with Gasteiger partial charge in [0.25, 0.3) is 0 Å². The summed E-state index contributed by atoms with van der Waals surface area (Å²) >= 11 is 13.3. The van der Waals surface area contributed by atoms with Crippen molar-refractivity contribution >= 4 is 112 Å². The number of nitrogens with zero attached hydrogens (tertiary/aromatic N) is 7. The Morgan fingerprint density at radius 1 is 0.590 bits per heavy atom. The van der Waals surface area contributed by atoms with E-state index in [-0.39, 0.29) is 75.7 Å². The molecular weight excluding hydrogens is 1410 g/mol. The summed E-state index contributed by atoms with van der Waals surface area (Å²) in [7, 11) is 6.73. The van der Waals surface area contributed by atoms with Crippen molar-refractivity contribution in [1.29, 1.82) is 0 Å². The first-order valence-corrected chi connectivity index (χ1v) is 38.6. The van der Waals surface area contributed by atoms with Crippen LogP contribution in [0.15, 0.2) is 71.8 Å². The molecule has 0 aromatic rings. The summed E-state index contributed by atoms with van der Waals surface area (Å²) in [6.07, 6.45) is 10.2. The molecule has 7 N–H and O–H groups in total. The number of rotatable bonds is 25. The molecule has 0 aromatic carbocycles. The minimum absolute atomic E-state index is 0.00865. The number of aliphatic hydroxyl groups excluding tert-OH is 1. The molecule has 0 bridgehead atoms. The summed E-state index contributed by atoms with van der Waals surface area (Å²) in [5, 5.41) is 25.3. The summed E-state index contributed by atoms with van der Waals surface area (Å²) < 4.78 is 2.62. The molecule has 2 aliphatic rings. The third kappa shape index (κ3) is 29.6. The fourth-order valence-corrected chi connectivity index (χ4v) is 13.5. The summed E-state index contributed by atoms with van der Waals surface area (Å²) in [4.78, 5) is 203. The van der Waals surface area contributed by atoms with E-state index in [9.17, 15) is 33.9 Å². The number of allylic oxidation sites excluding steroid dienone is 6. The largest absolute Gasteiger partial charge is 0.391 e. The zero-order chi connectivity index (χ0) is 79.7. The van der Waals surface area contributed by atoms with Crippen LogP contribution in [-0.2, 0) is 62.3 Å². The van der Waals surface area contributed by atoms with Gasteiger partial charge in [0.15, 0.2) is 0 Å². The molecule has 2 fully saturated rings. The van der Waals surface area contributed by atoms with Crippen LogP contribution in [0.4, 0.5) is 0 Å². The highest BCUT2D eigenvalue weighted by atomic mass is 35.5. The number of piperidine rings is 1. The molecule has 0 aliphatic carbocycles. The predicted octanol–water partition coefficient (Wildman–Crippen LogP) is 5.86. The summed E-state index contributed by atoms with van der Waals surface area (Å²) in [5.41, 5.74) is 3.21. The van der Waals surface area contributed by atoms with Crippen molar-refractivity contribution in [2.24, 2.45) is 23.7 Å². The van der Waals surface area contributed by atoms with Crippen molar-refractivity contribution in [3.63, 3.8) is 0 Å². The van der Waals surface area contributed by atoms with Crippen LogP contribution in [0.5, 0.6) is 0 Å². The average Bonchev–Trinajstić information content (AvgIpc) is 0.813. The normalized spacial score (nSPS) is 24.8. The number of hydrogen-bond acceptors (Lipinski definition) is 15. The molecule has 2 aliphatic heterocycles. The molecule has 3 unspecified atom stereocenters. The lowest BCUT2D eigenvalue weighted by atomic mass is 9.96. The smallest absolute Gasteiger partial charge is 0.248 e. The molecule has 13 amide bonds. The molecule has 2 rings (SSSR count). The van der Waals surface area contributed by atoms with E-state index in [0.717, 1.165) is 47.8 Å². The fraction of sp³-hybridized carbons (Fsp3) is 0.667. The molecule has 2 heterocycles. The van der Waals surface area contributed by atoms with Gasteiger partial charge < -0.3 is 70.7 Å². The maximum absolute atomic E-state index is 15.6. The molecule has 30 heteroatoms. The van der Waals surface area contributed by atoms with Gasteiger partial charge in [0.2, 0.25) is 76.8 Å². The number of unbranched alkanes of at least 4 members (excludes halogenated alkanes) is 1. The number of nitrogens with one attached hydrogen (secondary N) is 6. The number of carbonyl (C=O) groups excluding carboxylic acids is 13. The predicted molar refractivity (Wildman–Crippen MR) is 411 cm³/mol. The Hall–Kier alpha value is -7.56. The van der Waals surface area contributed by atoms with E-state index < -0.39 is 162 Å². The van der Waals surface area contributed by atoms with Crippen LogP contribution in [0.3, 0.4) is 0 Å². The second-order valence-corrected chi connectivity index (χ2v) is 29.9. The Morgan fingerprint density at radius 2 is 1.08 bits per heavy atom. The average molecular weight is 1530 g/mol. The highest BCUT2D eigenvalue weighted by Crippen LogP contribution is 2.25. The first-order chi connectivity index (χ1) is 49.4. The second kappa shape index (κ2) is 47.2. The van der Waals surface area contributed by atoms with E-state index in [1.54, 1.807) is 53.0 Å². The van der Waals surface area contributed by atoms with Gasteiger partial charge in [-0.05, 0) is 112 Å². The lowest BCUT2D eigenvalue weighted by Gasteiger charge is -2.38. The van der Waals surface area contributed by atoms with Gasteiger partial charge in [0.1, 0.15) is 60.4 Å². The van der Waals surface area contributed by atoms with Crippen molar-refractivity contribution in [2.75, 3.05) is 67.7 Å². The van der Waals surface area contributed by atoms with E-state index >= 15 is 33.6 Å². The molecule has 2 saturated heterocycles. The highest BCUT2D eigenvalue weighted by molar-refractivity contribution is 7.97. The quantitative estimate of drug-likeness (QED) is 0.0416. The van der Waals surface area contributed by atoms with Crippen molar-refractivity contribution < 1.29 is 67.4 Å². The van der Waals surface area contributed by atoms with Gasteiger partial charge in [0, 0.05) is 91.5 Å². The fourth-order valence-electron chi connectivity index (χ4n) is 12.9. The maximum Gasteiger partial charge on any atom is 0.248 e. The van der Waals surface area contributed by atoms with Gasteiger partial charge in [-0.25, -0.2) is 0 Å². The molecule has 0 saturated carbocycles. The zero-order valence-corrected chi connectivity index (χ0v) is 67.3. The van der Waals surface area contributed by atoms with E-state index in [0.29, 0.717) is 49.9 Å². The number of hydrogen-bond donors (Lipinski definition) is 7. The van der Waals surface area contributed by atoms with E-state index in [1.165, 1.54) is 82.4 Å². The summed E-state index contributed by atoms with van der Waals surface area (Å²) in [6, 6.07) is -14.5. The van der Waals surface area contributed by atoms with Crippen LogP contribution in [0.2, 0.25) is 0 Å². The number of aliphatic hydroxyl groups is 1. The number of halogens is 2. The van der Waals surface area contributed by atoms with Crippen LogP contribution in [0, 0.1) is 23.7 Å². The number of likely N-dealkylation sites (tertiary alicyclic amines) is 1. The van der Waals surface area contributed by atoms with E-state index in [2.05, 4.69) is 44.5 Å². The van der Waals surface area contributed by atoms with Crippen LogP contribution in [0.25, 0.3) is 0 Å². The topological polar surface area (TPSA) is 337 Å². The lowest BCUT2D eigenvalue weighted by molar-refractivity contribution is -0.151. The monoisotopic (exact) mass is 1530 g/mol. The third-order valence-electron chi connectivity index (χ3n) is 18.6. The first kappa shape index (κ1) is 93.5. The van der Waals surface area contributed by atoms with Crippen LogP contribution >= 0.6 is 35.1 Å². The number of likely N-dealkylation sites (N-methyl/N-ethyl adjacent to an activating group) is 5. The third-order valence-corrected chi connectivity index (χ3v) is 19.3. The van der Waals surface area contributed by atoms with Crippen molar-refractivity contribution in [2.45, 2.75) is 233 Å². The first-order valence-electron chi connectivity index (χ1n) is 36.5. The van der Waals surface area contributed by atoms with Crippen LogP contribution in [-0.4, -0.2) is 250 Å². The van der Waals surface area contributed by atoms with E-state index in [4.69, 9.17) is 23.2 Å². The molecule has 590 valence electrons. The molecular formula is C75H121Cl2N13O14S. The van der Waals surface area contributed by atoms with Crippen molar-refractivity contribution in [3.8, 4) is 0 Å². The van der Waals surface area contributed by atoms with Gasteiger partial charge >= 0.3 is 0 Å².